The van der Waals surface area contributed by atoms with Crippen LogP contribution in [0.2, 0.25) is 0 Å². The summed E-state index contributed by atoms with van der Waals surface area (Å²) in [7, 11) is 0. The molecule has 4 aromatic rings. The molecule has 2 N–H and O–H groups in total. The molecular formula is C19H20N8. The van der Waals surface area contributed by atoms with Gasteiger partial charge in [0.1, 0.15) is 12.7 Å². The largest absolute Gasteiger partial charge is 0.323 e. The SMILES string of the molecule is CCn1cnc(Nc2cc(C)cc(Nc3ncn(-c4ccccc4)n3)c2)n1. The maximum atomic E-state index is 4.48. The van der Waals surface area contributed by atoms with Crippen molar-refractivity contribution in [2.24, 2.45) is 0 Å². The number of para-hydroxylation sites is 1. The summed E-state index contributed by atoms with van der Waals surface area (Å²) in [6, 6.07) is 15.9. The van der Waals surface area contributed by atoms with Crippen LogP contribution >= 0.6 is 0 Å². The molecule has 0 saturated carbocycles. The highest BCUT2D eigenvalue weighted by Crippen LogP contribution is 2.23. The van der Waals surface area contributed by atoms with Crippen LogP contribution in [0.25, 0.3) is 5.69 Å². The number of hydrogen-bond acceptors (Lipinski definition) is 6. The molecule has 2 aromatic heterocycles. The van der Waals surface area contributed by atoms with Crippen LogP contribution < -0.4 is 10.6 Å². The molecule has 2 aromatic carbocycles. The second kappa shape index (κ2) is 7.28. The predicted octanol–water partition coefficient (Wildman–Crippen LogP) is 3.67. The predicted molar refractivity (Wildman–Crippen MR) is 105 cm³/mol. The van der Waals surface area contributed by atoms with Gasteiger partial charge in [-0.2, -0.15) is 4.98 Å². The van der Waals surface area contributed by atoms with E-state index in [1.807, 2.05) is 62.4 Å². The molecule has 8 nitrogen and oxygen atoms in total. The lowest BCUT2D eigenvalue weighted by Gasteiger charge is -2.08. The van der Waals surface area contributed by atoms with Gasteiger partial charge in [-0.15, -0.1) is 10.2 Å². The van der Waals surface area contributed by atoms with Gasteiger partial charge in [0.15, 0.2) is 0 Å². The molecule has 136 valence electrons. The standard InChI is InChI=1S/C19H20N8/c1-3-26-12-20-18(24-26)22-15-9-14(2)10-16(11-15)23-19-21-13-27(25-19)17-7-5-4-6-8-17/h4-13H,3H2,1-2H3,(H,22,24)(H,23,25). The van der Waals surface area contributed by atoms with E-state index in [0.29, 0.717) is 11.9 Å². The molecule has 0 atom stereocenters. The van der Waals surface area contributed by atoms with Gasteiger partial charge in [0.05, 0.1) is 5.69 Å². The van der Waals surface area contributed by atoms with E-state index in [4.69, 9.17) is 0 Å². The van der Waals surface area contributed by atoms with Crippen molar-refractivity contribution in [1.29, 1.82) is 0 Å². The van der Waals surface area contributed by atoms with Crippen LogP contribution in [-0.2, 0) is 6.54 Å². The minimum atomic E-state index is 0.531. The summed E-state index contributed by atoms with van der Waals surface area (Å²) in [6.45, 7) is 4.84. The first kappa shape index (κ1) is 16.8. The number of nitrogens with zero attached hydrogens (tertiary/aromatic N) is 6. The van der Waals surface area contributed by atoms with Crippen molar-refractivity contribution in [3.05, 3.63) is 66.7 Å². The van der Waals surface area contributed by atoms with Gasteiger partial charge in [-0.3, -0.25) is 4.68 Å². The molecule has 0 bridgehead atoms. The summed E-state index contributed by atoms with van der Waals surface area (Å²) in [4.78, 5) is 8.59. The minimum Gasteiger partial charge on any atom is -0.323 e. The van der Waals surface area contributed by atoms with E-state index in [2.05, 4.69) is 30.8 Å². The molecule has 0 fully saturated rings. The second-order valence-electron chi connectivity index (χ2n) is 6.11. The molecule has 0 unspecified atom stereocenters. The minimum absolute atomic E-state index is 0.531. The van der Waals surface area contributed by atoms with E-state index >= 15 is 0 Å². The summed E-state index contributed by atoms with van der Waals surface area (Å²) in [5.41, 5.74) is 3.84. The van der Waals surface area contributed by atoms with Crippen molar-refractivity contribution < 1.29 is 0 Å². The Hall–Kier alpha value is -3.68. The van der Waals surface area contributed by atoms with Crippen molar-refractivity contribution in [3.8, 4) is 5.69 Å². The molecule has 2 heterocycles. The van der Waals surface area contributed by atoms with Crippen molar-refractivity contribution in [2.45, 2.75) is 20.4 Å². The van der Waals surface area contributed by atoms with Gasteiger partial charge in [-0.25, -0.2) is 9.67 Å². The lowest BCUT2D eigenvalue weighted by atomic mass is 10.2. The van der Waals surface area contributed by atoms with E-state index in [-0.39, 0.29) is 0 Å². The van der Waals surface area contributed by atoms with Crippen LogP contribution in [0.1, 0.15) is 12.5 Å². The molecule has 27 heavy (non-hydrogen) atoms. The topological polar surface area (TPSA) is 85.5 Å². The van der Waals surface area contributed by atoms with Gasteiger partial charge in [0.2, 0.25) is 11.9 Å². The van der Waals surface area contributed by atoms with Crippen LogP contribution in [-0.4, -0.2) is 29.5 Å². The Labute approximate surface area is 156 Å². The molecule has 0 spiro atoms. The number of aryl methyl sites for hydroxylation is 2. The van der Waals surface area contributed by atoms with Crippen LogP contribution in [0.5, 0.6) is 0 Å². The monoisotopic (exact) mass is 360 g/mol. The van der Waals surface area contributed by atoms with Crippen molar-refractivity contribution in [2.75, 3.05) is 10.6 Å². The zero-order valence-electron chi connectivity index (χ0n) is 15.2. The smallest absolute Gasteiger partial charge is 0.246 e. The van der Waals surface area contributed by atoms with Crippen LogP contribution in [0.15, 0.2) is 61.2 Å². The zero-order valence-corrected chi connectivity index (χ0v) is 15.2. The van der Waals surface area contributed by atoms with Gasteiger partial charge < -0.3 is 10.6 Å². The first-order valence-corrected chi connectivity index (χ1v) is 8.72. The molecule has 0 aliphatic heterocycles. The van der Waals surface area contributed by atoms with Crippen molar-refractivity contribution in [1.82, 2.24) is 29.5 Å². The summed E-state index contributed by atoms with van der Waals surface area (Å²) < 4.78 is 3.51. The van der Waals surface area contributed by atoms with Crippen molar-refractivity contribution >= 4 is 23.3 Å². The average molecular weight is 360 g/mol. The number of aromatic nitrogens is 6. The van der Waals surface area contributed by atoms with Gasteiger partial charge in [0, 0.05) is 17.9 Å². The number of anilines is 4. The van der Waals surface area contributed by atoms with Crippen molar-refractivity contribution in [3.63, 3.8) is 0 Å². The molecule has 0 radical (unpaired) electrons. The fourth-order valence-corrected chi connectivity index (χ4v) is 2.72. The van der Waals surface area contributed by atoms with E-state index in [1.165, 1.54) is 0 Å². The van der Waals surface area contributed by atoms with Gasteiger partial charge in [0.25, 0.3) is 0 Å². The van der Waals surface area contributed by atoms with Gasteiger partial charge >= 0.3 is 0 Å². The summed E-state index contributed by atoms with van der Waals surface area (Å²) in [5.74, 6) is 1.10. The summed E-state index contributed by atoms with van der Waals surface area (Å²) >= 11 is 0. The Balaban J connectivity index is 1.52. The fraction of sp³-hybridized carbons (Fsp3) is 0.158. The van der Waals surface area contributed by atoms with E-state index in [1.54, 1.807) is 22.0 Å². The maximum Gasteiger partial charge on any atom is 0.246 e. The fourth-order valence-electron chi connectivity index (χ4n) is 2.72. The maximum absolute atomic E-state index is 4.48. The Bertz CT molecular complexity index is 1030. The third kappa shape index (κ3) is 3.95. The summed E-state index contributed by atoms with van der Waals surface area (Å²) in [6.07, 6.45) is 3.39. The third-order valence-corrected chi connectivity index (χ3v) is 3.96. The van der Waals surface area contributed by atoms with Gasteiger partial charge in [-0.05, 0) is 49.7 Å². The van der Waals surface area contributed by atoms with Crippen LogP contribution in [0.3, 0.4) is 0 Å². The molecular weight excluding hydrogens is 340 g/mol. The van der Waals surface area contributed by atoms with E-state index < -0.39 is 0 Å². The average Bonchev–Trinajstić information content (AvgIpc) is 3.31. The second-order valence-corrected chi connectivity index (χ2v) is 6.11. The molecule has 8 heteroatoms. The molecule has 4 rings (SSSR count). The molecule has 0 amide bonds. The lowest BCUT2D eigenvalue weighted by Crippen LogP contribution is -1.99. The molecule has 0 saturated heterocycles. The first-order chi connectivity index (χ1) is 13.2. The lowest BCUT2D eigenvalue weighted by molar-refractivity contribution is 0.660. The summed E-state index contributed by atoms with van der Waals surface area (Å²) in [5, 5.41) is 15.3. The first-order valence-electron chi connectivity index (χ1n) is 8.72. The molecule has 0 aliphatic carbocycles. The quantitative estimate of drug-likeness (QED) is 0.546. The number of nitrogens with one attached hydrogen (secondary N) is 2. The Morgan fingerprint density at radius 2 is 1.52 bits per heavy atom. The highest BCUT2D eigenvalue weighted by molar-refractivity contribution is 5.65. The number of benzene rings is 2. The van der Waals surface area contributed by atoms with E-state index in [0.717, 1.165) is 29.2 Å². The third-order valence-electron chi connectivity index (χ3n) is 3.96. The number of rotatable bonds is 6. The molecule has 0 aliphatic rings. The Morgan fingerprint density at radius 1 is 0.852 bits per heavy atom. The van der Waals surface area contributed by atoms with Crippen LogP contribution in [0, 0.1) is 6.92 Å². The van der Waals surface area contributed by atoms with E-state index in [9.17, 15) is 0 Å². The van der Waals surface area contributed by atoms with Gasteiger partial charge in [-0.1, -0.05) is 18.2 Å². The normalized spacial score (nSPS) is 10.7. The Kier molecular flexibility index (Phi) is 4.52. The highest BCUT2D eigenvalue weighted by Gasteiger charge is 2.06. The highest BCUT2D eigenvalue weighted by atomic mass is 15.4. The van der Waals surface area contributed by atoms with Crippen LogP contribution in [0.4, 0.5) is 23.3 Å². The Morgan fingerprint density at radius 3 is 2.19 bits per heavy atom. The zero-order chi connectivity index (χ0) is 18.6. The number of hydrogen-bond donors (Lipinski definition) is 2.